The minimum Gasteiger partial charge on any atom is -0.493 e. The fourth-order valence-corrected chi connectivity index (χ4v) is 4.26. The number of aromatic amines is 1. The average Bonchev–Trinajstić information content (AvgIpc) is 3.31. The maximum Gasteiger partial charge on any atom is 0.220 e. The summed E-state index contributed by atoms with van der Waals surface area (Å²) < 4.78 is 11.2. The van der Waals surface area contributed by atoms with Gasteiger partial charge in [-0.15, -0.1) is 0 Å². The molecule has 0 saturated heterocycles. The second-order valence-corrected chi connectivity index (χ2v) is 8.04. The molecule has 0 aliphatic rings. The van der Waals surface area contributed by atoms with E-state index in [-0.39, 0.29) is 11.8 Å². The summed E-state index contributed by atoms with van der Waals surface area (Å²) in [5.41, 5.74) is 4.70. The lowest BCUT2D eigenvalue weighted by molar-refractivity contribution is -0.121. The number of nitriles is 1. The van der Waals surface area contributed by atoms with E-state index in [0.29, 0.717) is 36.4 Å². The number of rotatable bonds is 9. The van der Waals surface area contributed by atoms with Crippen LogP contribution in [0.2, 0.25) is 0 Å². The van der Waals surface area contributed by atoms with Gasteiger partial charge in [-0.25, -0.2) is 0 Å². The third-order valence-electron chi connectivity index (χ3n) is 6.03. The van der Waals surface area contributed by atoms with Crippen LogP contribution in [-0.4, -0.2) is 31.7 Å². The van der Waals surface area contributed by atoms with Gasteiger partial charge >= 0.3 is 0 Å². The molecule has 2 N–H and O–H groups in total. The van der Waals surface area contributed by atoms with Gasteiger partial charge in [-0.1, -0.05) is 42.5 Å². The van der Waals surface area contributed by atoms with Crippen LogP contribution in [0.3, 0.4) is 0 Å². The van der Waals surface area contributed by atoms with Gasteiger partial charge in [0.2, 0.25) is 5.91 Å². The van der Waals surface area contributed by atoms with Gasteiger partial charge in [-0.05, 0) is 41.8 Å². The van der Waals surface area contributed by atoms with Gasteiger partial charge < -0.3 is 19.8 Å². The Kier molecular flexibility index (Phi) is 7.14. The summed E-state index contributed by atoms with van der Waals surface area (Å²) in [6, 6.07) is 23.4. The number of hydrogen-bond donors (Lipinski definition) is 2. The lowest BCUT2D eigenvalue weighted by Gasteiger charge is -2.22. The van der Waals surface area contributed by atoms with Crippen molar-refractivity contribution in [3.05, 3.63) is 95.2 Å². The Morgan fingerprint density at radius 2 is 1.79 bits per heavy atom. The Bertz CT molecular complexity index is 1320. The molecule has 0 spiro atoms. The number of aryl methyl sites for hydroxylation is 1. The number of aromatic nitrogens is 1. The summed E-state index contributed by atoms with van der Waals surface area (Å²) in [5, 5.41) is 13.2. The predicted molar refractivity (Wildman–Crippen MR) is 132 cm³/mol. The molecule has 1 unspecified atom stereocenters. The number of hydrogen-bond acceptors (Lipinski definition) is 4. The highest BCUT2D eigenvalue weighted by Crippen LogP contribution is 2.40. The zero-order valence-electron chi connectivity index (χ0n) is 19.3. The van der Waals surface area contributed by atoms with Crippen molar-refractivity contribution in [2.24, 2.45) is 0 Å². The van der Waals surface area contributed by atoms with Crippen molar-refractivity contribution in [2.75, 3.05) is 20.8 Å². The minimum absolute atomic E-state index is 0.0314. The number of ether oxygens (including phenoxy) is 2. The topological polar surface area (TPSA) is 87.1 Å². The molecule has 0 radical (unpaired) electrons. The highest BCUT2D eigenvalue weighted by atomic mass is 16.5. The fourth-order valence-electron chi connectivity index (χ4n) is 4.26. The molecule has 0 aliphatic carbocycles. The van der Waals surface area contributed by atoms with Gasteiger partial charge in [0.05, 0.1) is 25.9 Å². The normalized spacial score (nSPS) is 11.6. The second kappa shape index (κ2) is 10.6. The number of H-pyrrole nitrogens is 1. The van der Waals surface area contributed by atoms with Crippen LogP contribution in [0.5, 0.6) is 11.5 Å². The van der Waals surface area contributed by atoms with Crippen molar-refractivity contribution in [3.63, 3.8) is 0 Å². The third-order valence-corrected chi connectivity index (χ3v) is 6.03. The van der Waals surface area contributed by atoms with Crippen LogP contribution < -0.4 is 14.8 Å². The largest absolute Gasteiger partial charge is 0.493 e. The Morgan fingerprint density at radius 3 is 2.53 bits per heavy atom. The van der Waals surface area contributed by atoms with E-state index in [2.05, 4.69) is 22.4 Å². The molecule has 1 heterocycles. The van der Waals surface area contributed by atoms with Crippen molar-refractivity contribution >= 4 is 16.8 Å². The van der Waals surface area contributed by atoms with E-state index in [0.717, 1.165) is 27.6 Å². The summed E-state index contributed by atoms with van der Waals surface area (Å²) in [4.78, 5) is 16.1. The molecule has 6 nitrogen and oxygen atoms in total. The van der Waals surface area contributed by atoms with Crippen molar-refractivity contribution < 1.29 is 14.3 Å². The molecule has 1 amide bonds. The number of para-hydroxylation sites is 2. The molecule has 1 aromatic heterocycles. The molecule has 0 saturated carbocycles. The van der Waals surface area contributed by atoms with Gasteiger partial charge in [-0.2, -0.15) is 5.26 Å². The standard InChI is InChI=1S/C28H27N3O3/c1-33-26-9-5-7-22(28(26)34-2)24(23-17-30-25-8-4-3-6-21(23)25)18-31-27(32)15-14-19-10-12-20(16-29)13-11-19/h3-13,17,24,30H,14-15,18H2,1-2H3,(H,31,32). The molecule has 3 aromatic carbocycles. The highest BCUT2D eigenvalue weighted by Gasteiger charge is 2.24. The summed E-state index contributed by atoms with van der Waals surface area (Å²) in [5.74, 6) is 1.14. The van der Waals surface area contributed by atoms with Crippen molar-refractivity contribution in [1.82, 2.24) is 10.3 Å². The molecule has 0 fully saturated rings. The molecule has 0 aliphatic heterocycles. The average molecular weight is 454 g/mol. The second-order valence-electron chi connectivity index (χ2n) is 8.04. The van der Waals surface area contributed by atoms with Crippen LogP contribution in [-0.2, 0) is 11.2 Å². The number of amides is 1. The monoisotopic (exact) mass is 453 g/mol. The van der Waals surface area contributed by atoms with Gasteiger partial charge in [-0.3, -0.25) is 4.79 Å². The first-order valence-corrected chi connectivity index (χ1v) is 11.2. The number of carbonyl (C=O) groups is 1. The summed E-state index contributed by atoms with van der Waals surface area (Å²) in [6.07, 6.45) is 2.97. The van der Waals surface area contributed by atoms with E-state index < -0.39 is 0 Å². The van der Waals surface area contributed by atoms with Gasteiger partial charge in [0, 0.05) is 41.5 Å². The molecule has 34 heavy (non-hydrogen) atoms. The number of carbonyl (C=O) groups excluding carboxylic acids is 1. The SMILES string of the molecule is COc1cccc(C(CNC(=O)CCc2ccc(C#N)cc2)c2c[nH]c3ccccc23)c1OC. The van der Waals surface area contributed by atoms with Gasteiger partial charge in [0.15, 0.2) is 11.5 Å². The van der Waals surface area contributed by atoms with E-state index in [1.54, 1.807) is 26.4 Å². The van der Waals surface area contributed by atoms with Crippen LogP contribution in [0.15, 0.2) is 72.9 Å². The first kappa shape index (κ1) is 22.9. The lowest BCUT2D eigenvalue weighted by Crippen LogP contribution is -2.29. The Morgan fingerprint density at radius 1 is 1.00 bits per heavy atom. The number of fused-ring (bicyclic) bond motifs is 1. The molecule has 4 aromatic rings. The lowest BCUT2D eigenvalue weighted by atomic mass is 9.89. The van der Waals surface area contributed by atoms with E-state index in [4.69, 9.17) is 14.7 Å². The Balaban J connectivity index is 1.57. The third kappa shape index (κ3) is 4.89. The number of nitrogens with zero attached hydrogens (tertiary/aromatic N) is 1. The van der Waals surface area contributed by atoms with E-state index in [1.807, 2.05) is 54.7 Å². The summed E-state index contributed by atoms with van der Waals surface area (Å²) in [7, 11) is 3.25. The molecule has 0 bridgehead atoms. The molecule has 1 atom stereocenters. The minimum atomic E-state index is -0.139. The quantitative estimate of drug-likeness (QED) is 0.376. The molecular formula is C28H27N3O3. The van der Waals surface area contributed by atoms with Crippen molar-refractivity contribution in [1.29, 1.82) is 5.26 Å². The molecule has 172 valence electrons. The molecule has 6 heteroatoms. The van der Waals surface area contributed by atoms with Crippen LogP contribution in [0.4, 0.5) is 0 Å². The maximum absolute atomic E-state index is 12.8. The fraction of sp³-hybridized carbons (Fsp3) is 0.214. The first-order chi connectivity index (χ1) is 16.6. The maximum atomic E-state index is 12.8. The van der Waals surface area contributed by atoms with Crippen LogP contribution in [0.25, 0.3) is 10.9 Å². The zero-order chi connectivity index (χ0) is 23.9. The van der Waals surface area contributed by atoms with Crippen LogP contribution in [0.1, 0.15) is 34.6 Å². The smallest absolute Gasteiger partial charge is 0.220 e. The van der Waals surface area contributed by atoms with Crippen molar-refractivity contribution in [2.45, 2.75) is 18.8 Å². The predicted octanol–water partition coefficient (Wildman–Crippen LogP) is 4.94. The Labute approximate surface area is 199 Å². The number of benzene rings is 3. The van der Waals surface area contributed by atoms with Crippen molar-refractivity contribution in [3.8, 4) is 17.6 Å². The van der Waals surface area contributed by atoms with Crippen LogP contribution in [0, 0.1) is 11.3 Å². The van der Waals surface area contributed by atoms with Gasteiger partial charge in [0.1, 0.15) is 0 Å². The summed E-state index contributed by atoms with van der Waals surface area (Å²) >= 11 is 0. The van der Waals surface area contributed by atoms with E-state index in [9.17, 15) is 4.79 Å². The first-order valence-electron chi connectivity index (χ1n) is 11.2. The van der Waals surface area contributed by atoms with Crippen LogP contribution >= 0.6 is 0 Å². The number of nitrogens with one attached hydrogen (secondary N) is 2. The Hall–Kier alpha value is -4.24. The molecular weight excluding hydrogens is 426 g/mol. The zero-order valence-corrected chi connectivity index (χ0v) is 19.3. The molecule has 4 rings (SSSR count). The van der Waals surface area contributed by atoms with E-state index in [1.165, 1.54) is 0 Å². The number of methoxy groups -OCH3 is 2. The summed E-state index contributed by atoms with van der Waals surface area (Å²) in [6.45, 7) is 0.414. The van der Waals surface area contributed by atoms with Gasteiger partial charge in [0.25, 0.3) is 0 Å². The highest BCUT2D eigenvalue weighted by molar-refractivity contribution is 5.84. The van der Waals surface area contributed by atoms with E-state index >= 15 is 0 Å².